The Kier molecular flexibility index (Phi) is 7.41. The van der Waals surface area contributed by atoms with Crippen molar-refractivity contribution < 1.29 is 14.6 Å². The molecule has 1 amide bonds. The van der Waals surface area contributed by atoms with Gasteiger partial charge in [0.05, 0.1) is 5.69 Å². The number of rotatable bonds is 6. The second kappa shape index (κ2) is 9.13. The summed E-state index contributed by atoms with van der Waals surface area (Å²) in [5, 5.41) is 11.6. The fraction of sp³-hybridized carbons (Fsp3) is 0.438. The van der Waals surface area contributed by atoms with Crippen LogP contribution in [0, 0.1) is 18.8 Å². The van der Waals surface area contributed by atoms with Gasteiger partial charge in [0.2, 0.25) is 5.91 Å². The Bertz CT molecular complexity index is 500. The Morgan fingerprint density at radius 1 is 1.45 bits per heavy atom. The van der Waals surface area contributed by atoms with Crippen molar-refractivity contribution in [1.82, 2.24) is 0 Å². The molecule has 0 aromatic heterocycles. The number of anilines is 1. The first-order chi connectivity index (χ1) is 9.67. The maximum Gasteiger partial charge on any atom is 0.224 e. The van der Waals surface area contributed by atoms with E-state index in [0.29, 0.717) is 37.3 Å². The smallest absolute Gasteiger partial charge is 0.224 e. The highest BCUT2D eigenvalue weighted by atomic mass is 16.5. The number of nitrogens with one attached hydrogen (secondary N) is 1. The molecule has 0 aliphatic carbocycles. The number of hydrogen-bond donors (Lipinski definition) is 2. The van der Waals surface area contributed by atoms with Crippen molar-refractivity contribution in [1.29, 1.82) is 0 Å². The van der Waals surface area contributed by atoms with Gasteiger partial charge in [-0.3, -0.25) is 4.79 Å². The summed E-state index contributed by atoms with van der Waals surface area (Å²) in [5.74, 6) is 5.37. The van der Waals surface area contributed by atoms with Gasteiger partial charge in [-0.25, -0.2) is 0 Å². The topological polar surface area (TPSA) is 58.6 Å². The number of aryl methyl sites for hydroxylation is 1. The van der Waals surface area contributed by atoms with Gasteiger partial charge in [0.1, 0.15) is 6.61 Å². The third-order valence-corrected chi connectivity index (χ3v) is 2.65. The third-order valence-electron chi connectivity index (χ3n) is 2.65. The molecule has 1 rings (SSSR count). The number of amides is 1. The van der Waals surface area contributed by atoms with Crippen LogP contribution in [0.25, 0.3) is 0 Å². The van der Waals surface area contributed by atoms with Crippen LogP contribution in [-0.2, 0) is 9.53 Å². The van der Waals surface area contributed by atoms with Crippen LogP contribution in [0.1, 0.15) is 30.9 Å². The van der Waals surface area contributed by atoms with Crippen molar-refractivity contribution in [2.45, 2.75) is 26.7 Å². The number of carbonyl (C=O) groups excluding carboxylic acids is 1. The van der Waals surface area contributed by atoms with Gasteiger partial charge in [-0.2, -0.15) is 0 Å². The van der Waals surface area contributed by atoms with Gasteiger partial charge in [-0.05, 0) is 38.0 Å². The van der Waals surface area contributed by atoms with Crippen molar-refractivity contribution >= 4 is 11.6 Å². The Morgan fingerprint density at radius 2 is 2.25 bits per heavy atom. The monoisotopic (exact) mass is 275 g/mol. The molecule has 0 atom stereocenters. The lowest BCUT2D eigenvalue weighted by Gasteiger charge is -2.09. The van der Waals surface area contributed by atoms with Crippen LogP contribution in [0.15, 0.2) is 18.2 Å². The van der Waals surface area contributed by atoms with E-state index in [1.54, 1.807) is 0 Å². The van der Waals surface area contributed by atoms with E-state index < -0.39 is 0 Å². The molecule has 1 aromatic carbocycles. The number of hydrogen-bond acceptors (Lipinski definition) is 3. The lowest BCUT2D eigenvalue weighted by Crippen LogP contribution is -2.13. The second-order valence-corrected chi connectivity index (χ2v) is 4.36. The number of aliphatic hydroxyl groups is 1. The molecule has 1 aromatic rings. The van der Waals surface area contributed by atoms with E-state index in [1.165, 1.54) is 0 Å². The molecular weight excluding hydrogens is 254 g/mol. The highest BCUT2D eigenvalue weighted by Crippen LogP contribution is 2.17. The number of carbonyl (C=O) groups is 1. The van der Waals surface area contributed by atoms with E-state index in [0.717, 1.165) is 5.56 Å². The Hall–Kier alpha value is -1.83. The molecule has 0 saturated heterocycles. The Balaban J connectivity index is 2.65. The number of ether oxygens (including phenoxy) is 1. The van der Waals surface area contributed by atoms with Crippen molar-refractivity contribution in [3.8, 4) is 11.8 Å². The van der Waals surface area contributed by atoms with Crippen LogP contribution in [0.2, 0.25) is 0 Å². The molecule has 0 bridgehead atoms. The van der Waals surface area contributed by atoms with Crippen LogP contribution in [0.4, 0.5) is 5.69 Å². The summed E-state index contributed by atoms with van der Waals surface area (Å²) >= 11 is 0. The van der Waals surface area contributed by atoms with Crippen LogP contribution in [-0.4, -0.2) is 30.8 Å². The minimum Gasteiger partial charge on any atom is -0.384 e. The highest BCUT2D eigenvalue weighted by molar-refractivity contribution is 5.92. The molecule has 0 aliphatic rings. The maximum atomic E-state index is 11.8. The summed E-state index contributed by atoms with van der Waals surface area (Å²) in [6.45, 7) is 4.94. The SMILES string of the molecule is CCOCCCC(=O)Nc1cc(C)ccc1C#CCO. The van der Waals surface area contributed by atoms with E-state index in [9.17, 15) is 4.79 Å². The average molecular weight is 275 g/mol. The largest absolute Gasteiger partial charge is 0.384 e. The first-order valence-corrected chi connectivity index (χ1v) is 6.75. The molecule has 0 heterocycles. The third kappa shape index (κ3) is 5.87. The summed E-state index contributed by atoms with van der Waals surface area (Å²) in [5.41, 5.74) is 2.44. The zero-order chi connectivity index (χ0) is 14.8. The molecule has 4 heteroatoms. The van der Waals surface area contributed by atoms with Crippen LogP contribution >= 0.6 is 0 Å². The normalized spacial score (nSPS) is 9.75. The molecule has 0 fully saturated rings. The number of aliphatic hydroxyl groups excluding tert-OH is 1. The van der Waals surface area contributed by atoms with E-state index in [2.05, 4.69) is 17.2 Å². The first kappa shape index (κ1) is 16.2. The van der Waals surface area contributed by atoms with Crippen molar-refractivity contribution in [2.75, 3.05) is 25.1 Å². The second-order valence-electron chi connectivity index (χ2n) is 4.36. The Labute approximate surface area is 120 Å². The molecule has 0 unspecified atom stereocenters. The predicted octanol–water partition coefficient (Wildman–Crippen LogP) is 2.09. The fourth-order valence-corrected chi connectivity index (χ4v) is 1.70. The predicted molar refractivity (Wildman–Crippen MR) is 79.5 cm³/mol. The molecule has 108 valence electrons. The number of benzene rings is 1. The standard InChI is InChI=1S/C16H21NO3/c1-3-20-11-5-7-16(19)17-15-12-13(2)8-9-14(15)6-4-10-18/h8-9,12,18H,3,5,7,10-11H2,1-2H3,(H,17,19). The molecule has 0 saturated carbocycles. The zero-order valence-electron chi connectivity index (χ0n) is 12.0. The summed E-state index contributed by atoms with van der Waals surface area (Å²) in [7, 11) is 0. The van der Waals surface area contributed by atoms with Gasteiger partial charge < -0.3 is 15.2 Å². The van der Waals surface area contributed by atoms with Gasteiger partial charge >= 0.3 is 0 Å². The Morgan fingerprint density at radius 3 is 2.95 bits per heavy atom. The quantitative estimate of drug-likeness (QED) is 0.617. The lowest BCUT2D eigenvalue weighted by molar-refractivity contribution is -0.116. The van der Waals surface area contributed by atoms with E-state index in [1.807, 2.05) is 32.0 Å². The summed E-state index contributed by atoms with van der Waals surface area (Å²) in [4.78, 5) is 11.8. The minimum absolute atomic E-state index is 0.0534. The molecule has 0 radical (unpaired) electrons. The van der Waals surface area contributed by atoms with Gasteiger partial charge in [0.15, 0.2) is 0 Å². The molecule has 2 N–H and O–H groups in total. The van der Waals surface area contributed by atoms with Gasteiger partial charge in [-0.1, -0.05) is 17.9 Å². The lowest BCUT2D eigenvalue weighted by atomic mass is 10.1. The molecule has 4 nitrogen and oxygen atoms in total. The summed E-state index contributed by atoms with van der Waals surface area (Å²) in [6.07, 6.45) is 1.12. The van der Waals surface area contributed by atoms with Gasteiger partial charge in [0, 0.05) is 25.2 Å². The maximum absolute atomic E-state index is 11.8. The van der Waals surface area contributed by atoms with Crippen LogP contribution < -0.4 is 5.32 Å². The molecular formula is C16H21NO3. The molecule has 0 spiro atoms. The van der Waals surface area contributed by atoms with Crippen molar-refractivity contribution in [3.05, 3.63) is 29.3 Å². The minimum atomic E-state index is -0.199. The van der Waals surface area contributed by atoms with Crippen LogP contribution in [0.3, 0.4) is 0 Å². The van der Waals surface area contributed by atoms with Crippen LogP contribution in [0.5, 0.6) is 0 Å². The molecule has 20 heavy (non-hydrogen) atoms. The zero-order valence-corrected chi connectivity index (χ0v) is 12.0. The summed E-state index contributed by atoms with van der Waals surface area (Å²) in [6, 6.07) is 5.64. The van der Waals surface area contributed by atoms with E-state index in [-0.39, 0.29) is 12.5 Å². The first-order valence-electron chi connectivity index (χ1n) is 6.75. The van der Waals surface area contributed by atoms with Crippen molar-refractivity contribution in [2.24, 2.45) is 0 Å². The molecule has 0 aliphatic heterocycles. The van der Waals surface area contributed by atoms with Gasteiger partial charge in [-0.15, -0.1) is 0 Å². The van der Waals surface area contributed by atoms with Crippen molar-refractivity contribution in [3.63, 3.8) is 0 Å². The van der Waals surface area contributed by atoms with E-state index >= 15 is 0 Å². The average Bonchev–Trinajstić information content (AvgIpc) is 2.43. The van der Waals surface area contributed by atoms with E-state index in [4.69, 9.17) is 9.84 Å². The summed E-state index contributed by atoms with van der Waals surface area (Å²) < 4.78 is 5.20. The van der Waals surface area contributed by atoms with Gasteiger partial charge in [0.25, 0.3) is 0 Å². The fourth-order valence-electron chi connectivity index (χ4n) is 1.70. The highest BCUT2D eigenvalue weighted by Gasteiger charge is 2.06.